The molecule has 1 aromatic carbocycles. The molecule has 2 heteroatoms. The third-order valence-corrected chi connectivity index (χ3v) is 1.73. The van der Waals surface area contributed by atoms with Crippen molar-refractivity contribution in [3.8, 4) is 5.75 Å². The van der Waals surface area contributed by atoms with Crippen molar-refractivity contribution in [1.82, 2.24) is 0 Å². The fourth-order valence-corrected chi connectivity index (χ4v) is 0.961. The first kappa shape index (κ1) is 11.5. The molecule has 0 aliphatic carbocycles. The average molecular weight is 209 g/mol. The number of hydrogen-bond acceptors (Lipinski definition) is 1. The molecular formula is C10H14CoO. The smallest absolute Gasteiger partial charge is 0.115 e. The number of phenols is 1. The van der Waals surface area contributed by atoms with Crippen LogP contribution >= 0.6 is 0 Å². The molecule has 1 nitrogen and oxygen atoms in total. The summed E-state index contributed by atoms with van der Waals surface area (Å²) in [6.45, 7) is 6.46. The summed E-state index contributed by atoms with van der Waals surface area (Å²) in [6, 6.07) is 7.35. The SMILES string of the molecule is CC(C)(C)c1ccc(O)cc1.[Co]. The van der Waals surface area contributed by atoms with E-state index in [0.29, 0.717) is 5.75 Å². The van der Waals surface area contributed by atoms with Crippen LogP contribution in [0.5, 0.6) is 5.75 Å². The van der Waals surface area contributed by atoms with Gasteiger partial charge < -0.3 is 5.11 Å². The Morgan fingerprint density at radius 3 is 1.75 bits per heavy atom. The Hall–Kier alpha value is -0.474. The summed E-state index contributed by atoms with van der Waals surface area (Å²) in [5.41, 5.74) is 1.42. The molecule has 1 radical (unpaired) electrons. The minimum atomic E-state index is 0. The van der Waals surface area contributed by atoms with Crippen molar-refractivity contribution in [2.24, 2.45) is 0 Å². The van der Waals surface area contributed by atoms with E-state index in [2.05, 4.69) is 20.8 Å². The zero-order chi connectivity index (χ0) is 8.48. The molecule has 0 fully saturated rings. The number of aromatic hydroxyl groups is 1. The number of rotatable bonds is 0. The third-order valence-electron chi connectivity index (χ3n) is 1.73. The van der Waals surface area contributed by atoms with Crippen molar-refractivity contribution in [3.05, 3.63) is 29.8 Å². The normalized spacial score (nSPS) is 10.6. The second kappa shape index (κ2) is 3.96. The van der Waals surface area contributed by atoms with Crippen LogP contribution in [0, 0.1) is 0 Å². The summed E-state index contributed by atoms with van der Waals surface area (Å²) in [5, 5.41) is 9.02. The van der Waals surface area contributed by atoms with Crippen molar-refractivity contribution >= 4 is 0 Å². The van der Waals surface area contributed by atoms with Gasteiger partial charge in [0.1, 0.15) is 5.75 Å². The van der Waals surface area contributed by atoms with Crippen LogP contribution in [0.4, 0.5) is 0 Å². The molecule has 0 amide bonds. The van der Waals surface area contributed by atoms with Crippen LogP contribution in [0.3, 0.4) is 0 Å². The van der Waals surface area contributed by atoms with Crippen molar-refractivity contribution in [2.75, 3.05) is 0 Å². The van der Waals surface area contributed by atoms with Crippen LogP contribution < -0.4 is 0 Å². The van der Waals surface area contributed by atoms with Crippen molar-refractivity contribution in [1.29, 1.82) is 0 Å². The molecule has 12 heavy (non-hydrogen) atoms. The zero-order valence-corrected chi connectivity index (χ0v) is 8.63. The largest absolute Gasteiger partial charge is 0.508 e. The summed E-state index contributed by atoms with van der Waals surface area (Å²) in [6.07, 6.45) is 0. The molecule has 0 heterocycles. The fourth-order valence-electron chi connectivity index (χ4n) is 0.961. The second-order valence-electron chi connectivity index (χ2n) is 3.80. The third kappa shape index (κ3) is 2.87. The number of benzene rings is 1. The Labute approximate surface area is 84.0 Å². The number of phenolic OH excluding ortho intramolecular Hbond substituents is 1. The van der Waals surface area contributed by atoms with Crippen LogP contribution in [0.1, 0.15) is 26.3 Å². The maximum atomic E-state index is 9.02. The van der Waals surface area contributed by atoms with Gasteiger partial charge in [0.2, 0.25) is 0 Å². The van der Waals surface area contributed by atoms with Crippen LogP contribution in [0.15, 0.2) is 24.3 Å². The summed E-state index contributed by atoms with van der Waals surface area (Å²) in [4.78, 5) is 0. The van der Waals surface area contributed by atoms with Gasteiger partial charge in [0.15, 0.2) is 0 Å². The van der Waals surface area contributed by atoms with Gasteiger partial charge >= 0.3 is 0 Å². The van der Waals surface area contributed by atoms with Crippen molar-refractivity contribution in [3.63, 3.8) is 0 Å². The van der Waals surface area contributed by atoms with Gasteiger partial charge in [0.25, 0.3) is 0 Å². The predicted octanol–water partition coefficient (Wildman–Crippen LogP) is 2.69. The van der Waals surface area contributed by atoms with Gasteiger partial charge in [-0.1, -0.05) is 32.9 Å². The van der Waals surface area contributed by atoms with Crippen LogP contribution in [-0.4, -0.2) is 5.11 Å². The van der Waals surface area contributed by atoms with E-state index in [9.17, 15) is 0 Å². The molecule has 1 rings (SSSR count). The molecule has 69 valence electrons. The van der Waals surface area contributed by atoms with Gasteiger partial charge in [0, 0.05) is 16.8 Å². The molecule has 0 unspecified atom stereocenters. The first-order chi connectivity index (χ1) is 5.00. The van der Waals surface area contributed by atoms with Gasteiger partial charge in [-0.05, 0) is 23.1 Å². The molecule has 0 aromatic heterocycles. The molecule has 0 saturated carbocycles. The Balaban J connectivity index is 0.00000121. The Kier molecular flexibility index (Phi) is 3.81. The predicted molar refractivity (Wildman–Crippen MR) is 46.8 cm³/mol. The first-order valence-electron chi connectivity index (χ1n) is 3.79. The summed E-state index contributed by atoms with van der Waals surface area (Å²) in [5.74, 6) is 0.331. The van der Waals surface area contributed by atoms with Crippen molar-refractivity contribution < 1.29 is 21.9 Å². The summed E-state index contributed by atoms with van der Waals surface area (Å²) < 4.78 is 0. The minimum absolute atomic E-state index is 0. The van der Waals surface area contributed by atoms with E-state index in [1.165, 1.54) is 5.56 Å². The van der Waals surface area contributed by atoms with Gasteiger partial charge in [-0.25, -0.2) is 0 Å². The van der Waals surface area contributed by atoms with Gasteiger partial charge in [-0.15, -0.1) is 0 Å². The van der Waals surface area contributed by atoms with Crippen LogP contribution in [0.25, 0.3) is 0 Å². The molecule has 0 spiro atoms. The van der Waals surface area contributed by atoms with Gasteiger partial charge in [-0.3, -0.25) is 0 Å². The summed E-state index contributed by atoms with van der Waals surface area (Å²) in [7, 11) is 0. The van der Waals surface area contributed by atoms with E-state index in [1.54, 1.807) is 12.1 Å². The molecule has 1 N–H and O–H groups in total. The standard InChI is InChI=1S/C10H14O.Co/c1-10(2,3)8-4-6-9(11)7-5-8;/h4-7,11H,1-3H3;. The molecule has 0 bridgehead atoms. The quantitative estimate of drug-likeness (QED) is 0.696. The Bertz CT molecular complexity index is 233. The zero-order valence-electron chi connectivity index (χ0n) is 7.59. The van der Waals surface area contributed by atoms with E-state index < -0.39 is 0 Å². The van der Waals surface area contributed by atoms with E-state index in [1.807, 2.05) is 12.1 Å². The van der Waals surface area contributed by atoms with Crippen LogP contribution in [-0.2, 0) is 22.2 Å². The van der Waals surface area contributed by atoms with Gasteiger partial charge in [0.05, 0.1) is 0 Å². The molecule has 0 aliphatic heterocycles. The van der Waals surface area contributed by atoms with E-state index in [4.69, 9.17) is 5.11 Å². The second-order valence-corrected chi connectivity index (χ2v) is 3.80. The van der Waals surface area contributed by atoms with E-state index in [-0.39, 0.29) is 22.2 Å². The van der Waals surface area contributed by atoms with E-state index in [0.717, 1.165) is 0 Å². The summed E-state index contributed by atoms with van der Waals surface area (Å²) >= 11 is 0. The van der Waals surface area contributed by atoms with E-state index >= 15 is 0 Å². The van der Waals surface area contributed by atoms with Crippen molar-refractivity contribution in [2.45, 2.75) is 26.2 Å². The maximum absolute atomic E-state index is 9.02. The molecule has 0 saturated heterocycles. The average Bonchev–Trinajstić information content (AvgIpc) is 1.86. The maximum Gasteiger partial charge on any atom is 0.115 e. The molecule has 0 aliphatic rings. The first-order valence-corrected chi connectivity index (χ1v) is 3.79. The molecule has 0 atom stereocenters. The Morgan fingerprint density at radius 1 is 1.00 bits per heavy atom. The minimum Gasteiger partial charge on any atom is -0.508 e. The Morgan fingerprint density at radius 2 is 1.42 bits per heavy atom. The number of hydrogen-bond donors (Lipinski definition) is 1. The molecular weight excluding hydrogens is 195 g/mol. The monoisotopic (exact) mass is 209 g/mol. The topological polar surface area (TPSA) is 20.2 Å². The van der Waals surface area contributed by atoms with Crippen LogP contribution in [0.2, 0.25) is 0 Å². The molecule has 1 aromatic rings. The fraction of sp³-hybridized carbons (Fsp3) is 0.400. The van der Waals surface area contributed by atoms with Gasteiger partial charge in [-0.2, -0.15) is 0 Å².